The quantitative estimate of drug-likeness (QED) is 0.758. The molecule has 0 amide bonds. The van der Waals surface area contributed by atoms with E-state index < -0.39 is 0 Å². The van der Waals surface area contributed by atoms with Gasteiger partial charge in [0.1, 0.15) is 0 Å². The third kappa shape index (κ3) is 2.36. The zero-order valence-corrected chi connectivity index (χ0v) is 10.3. The van der Waals surface area contributed by atoms with Crippen LogP contribution in [0.1, 0.15) is 23.7 Å². The molecule has 0 fully saturated rings. The molecule has 1 aliphatic heterocycles. The summed E-state index contributed by atoms with van der Waals surface area (Å²) in [5.41, 5.74) is 3.96. The summed E-state index contributed by atoms with van der Waals surface area (Å²) in [4.78, 5) is 0. The van der Waals surface area contributed by atoms with Crippen LogP contribution in [-0.4, -0.2) is 6.61 Å². The predicted molar refractivity (Wildman–Crippen MR) is 74.2 cm³/mol. The fourth-order valence-corrected chi connectivity index (χ4v) is 2.38. The van der Waals surface area contributed by atoms with Gasteiger partial charge < -0.3 is 4.74 Å². The summed E-state index contributed by atoms with van der Waals surface area (Å²) in [5, 5.41) is 0. The molecule has 0 radical (unpaired) electrons. The van der Waals surface area contributed by atoms with Crippen LogP contribution in [0.3, 0.4) is 0 Å². The molecule has 1 heterocycles. The van der Waals surface area contributed by atoms with Crippen LogP contribution in [0, 0.1) is 0 Å². The Hall–Kier alpha value is -1.86. The smallest absolute Gasteiger partial charge is 0.0869 e. The van der Waals surface area contributed by atoms with E-state index in [2.05, 4.69) is 60.7 Å². The molecule has 0 saturated heterocycles. The van der Waals surface area contributed by atoms with Crippen LogP contribution in [0.25, 0.3) is 5.57 Å². The van der Waals surface area contributed by atoms with Gasteiger partial charge in [0.05, 0.1) is 12.7 Å². The second-order valence-electron chi connectivity index (χ2n) is 4.53. The van der Waals surface area contributed by atoms with Crippen molar-refractivity contribution >= 4 is 5.57 Å². The van der Waals surface area contributed by atoms with Gasteiger partial charge in [-0.05, 0) is 16.7 Å². The Morgan fingerprint density at radius 3 is 2.22 bits per heavy atom. The number of hydrogen-bond donors (Lipinski definition) is 0. The van der Waals surface area contributed by atoms with Crippen molar-refractivity contribution in [3.8, 4) is 0 Å². The number of benzene rings is 2. The van der Waals surface area contributed by atoms with Gasteiger partial charge in [-0.1, -0.05) is 66.7 Å². The van der Waals surface area contributed by atoms with Gasteiger partial charge in [0.25, 0.3) is 0 Å². The molecular formula is C17H16O. The normalized spacial score (nSPS) is 19.3. The van der Waals surface area contributed by atoms with Gasteiger partial charge in [-0.15, -0.1) is 0 Å². The zero-order chi connectivity index (χ0) is 12.2. The monoisotopic (exact) mass is 236 g/mol. The first-order valence-electron chi connectivity index (χ1n) is 6.34. The van der Waals surface area contributed by atoms with E-state index in [0.717, 1.165) is 6.42 Å². The van der Waals surface area contributed by atoms with Crippen LogP contribution in [0.5, 0.6) is 0 Å². The van der Waals surface area contributed by atoms with E-state index in [1.807, 2.05) is 6.07 Å². The highest BCUT2D eigenvalue weighted by Crippen LogP contribution is 2.33. The van der Waals surface area contributed by atoms with E-state index >= 15 is 0 Å². The molecule has 1 heteroatoms. The van der Waals surface area contributed by atoms with Crippen molar-refractivity contribution in [2.45, 2.75) is 12.5 Å². The van der Waals surface area contributed by atoms with Crippen LogP contribution < -0.4 is 0 Å². The minimum Gasteiger partial charge on any atom is -0.369 e. The lowest BCUT2D eigenvalue weighted by Gasteiger charge is -2.24. The summed E-state index contributed by atoms with van der Waals surface area (Å²) in [6.45, 7) is 0.698. The van der Waals surface area contributed by atoms with Crippen molar-refractivity contribution in [2.24, 2.45) is 0 Å². The van der Waals surface area contributed by atoms with Crippen LogP contribution >= 0.6 is 0 Å². The lowest BCUT2D eigenvalue weighted by atomic mass is 9.94. The molecular weight excluding hydrogens is 220 g/mol. The molecule has 0 spiro atoms. The molecule has 2 aromatic carbocycles. The van der Waals surface area contributed by atoms with Gasteiger partial charge in [-0.25, -0.2) is 0 Å². The molecule has 0 aliphatic carbocycles. The van der Waals surface area contributed by atoms with E-state index in [1.54, 1.807) is 0 Å². The summed E-state index contributed by atoms with van der Waals surface area (Å²) in [5.74, 6) is 0. The molecule has 1 atom stereocenters. The summed E-state index contributed by atoms with van der Waals surface area (Å²) < 4.78 is 5.84. The lowest BCUT2D eigenvalue weighted by Crippen LogP contribution is -2.10. The predicted octanol–water partition coefficient (Wildman–Crippen LogP) is 4.23. The average Bonchev–Trinajstić information content (AvgIpc) is 2.49. The first-order valence-corrected chi connectivity index (χ1v) is 6.34. The number of ether oxygens (including phenoxy) is 1. The van der Waals surface area contributed by atoms with Gasteiger partial charge in [-0.2, -0.15) is 0 Å². The summed E-state index contributed by atoms with van der Waals surface area (Å²) in [6, 6.07) is 21.0. The fraction of sp³-hybridized carbons (Fsp3) is 0.176. The molecule has 90 valence electrons. The van der Waals surface area contributed by atoms with Crippen LogP contribution in [0.4, 0.5) is 0 Å². The second-order valence-corrected chi connectivity index (χ2v) is 4.53. The minimum absolute atomic E-state index is 0.186. The standard InChI is InChI=1S/C17H16O/c1-3-7-14(8-4-1)16-11-12-18-17(13-16)15-9-5-2-6-10-15/h1-11,17H,12-13H2. The van der Waals surface area contributed by atoms with Gasteiger partial charge in [0.15, 0.2) is 0 Å². The highest BCUT2D eigenvalue weighted by Gasteiger charge is 2.18. The van der Waals surface area contributed by atoms with Crippen LogP contribution in [-0.2, 0) is 4.74 Å². The maximum atomic E-state index is 5.84. The molecule has 18 heavy (non-hydrogen) atoms. The molecule has 3 rings (SSSR count). The van der Waals surface area contributed by atoms with Crippen molar-refractivity contribution in [3.05, 3.63) is 77.9 Å². The number of rotatable bonds is 2. The van der Waals surface area contributed by atoms with Gasteiger partial charge in [0, 0.05) is 6.42 Å². The largest absolute Gasteiger partial charge is 0.369 e. The topological polar surface area (TPSA) is 9.23 Å². The highest BCUT2D eigenvalue weighted by atomic mass is 16.5. The molecule has 2 aromatic rings. The number of hydrogen-bond acceptors (Lipinski definition) is 1. The first-order chi connectivity index (χ1) is 8.93. The Morgan fingerprint density at radius 1 is 0.833 bits per heavy atom. The third-order valence-corrected chi connectivity index (χ3v) is 3.35. The van der Waals surface area contributed by atoms with Gasteiger partial charge in [0.2, 0.25) is 0 Å². The Balaban J connectivity index is 1.82. The van der Waals surface area contributed by atoms with E-state index in [-0.39, 0.29) is 6.10 Å². The molecule has 0 saturated carbocycles. The van der Waals surface area contributed by atoms with Gasteiger partial charge >= 0.3 is 0 Å². The van der Waals surface area contributed by atoms with Crippen LogP contribution in [0.15, 0.2) is 66.7 Å². The Labute approximate surface area is 108 Å². The van der Waals surface area contributed by atoms with Crippen molar-refractivity contribution in [2.75, 3.05) is 6.61 Å². The Morgan fingerprint density at radius 2 is 1.50 bits per heavy atom. The summed E-state index contributed by atoms with van der Waals surface area (Å²) >= 11 is 0. The van der Waals surface area contributed by atoms with E-state index in [0.29, 0.717) is 6.61 Å². The lowest BCUT2D eigenvalue weighted by molar-refractivity contribution is 0.0708. The first kappa shape index (κ1) is 11.2. The molecule has 1 unspecified atom stereocenters. The maximum Gasteiger partial charge on any atom is 0.0869 e. The highest BCUT2D eigenvalue weighted by molar-refractivity contribution is 5.66. The summed E-state index contributed by atoms with van der Waals surface area (Å²) in [7, 11) is 0. The molecule has 0 bridgehead atoms. The second kappa shape index (κ2) is 5.19. The van der Waals surface area contributed by atoms with E-state index in [1.165, 1.54) is 16.7 Å². The van der Waals surface area contributed by atoms with Crippen molar-refractivity contribution < 1.29 is 4.74 Å². The Bertz CT molecular complexity index is 528. The molecule has 0 N–H and O–H groups in total. The van der Waals surface area contributed by atoms with Crippen molar-refractivity contribution in [1.29, 1.82) is 0 Å². The average molecular weight is 236 g/mol. The summed E-state index contributed by atoms with van der Waals surface area (Å²) in [6.07, 6.45) is 3.33. The minimum atomic E-state index is 0.186. The zero-order valence-electron chi connectivity index (χ0n) is 10.3. The van der Waals surface area contributed by atoms with Crippen molar-refractivity contribution in [3.63, 3.8) is 0 Å². The fourth-order valence-electron chi connectivity index (χ4n) is 2.38. The Kier molecular flexibility index (Phi) is 3.24. The van der Waals surface area contributed by atoms with Crippen LogP contribution in [0.2, 0.25) is 0 Å². The molecule has 0 aromatic heterocycles. The third-order valence-electron chi connectivity index (χ3n) is 3.35. The van der Waals surface area contributed by atoms with Gasteiger partial charge in [-0.3, -0.25) is 0 Å². The van der Waals surface area contributed by atoms with Crippen molar-refractivity contribution in [1.82, 2.24) is 0 Å². The van der Waals surface area contributed by atoms with E-state index in [9.17, 15) is 0 Å². The SMILES string of the molecule is C1=C(c2ccccc2)CC(c2ccccc2)OC1. The molecule has 1 aliphatic rings. The maximum absolute atomic E-state index is 5.84. The van der Waals surface area contributed by atoms with E-state index in [4.69, 9.17) is 4.74 Å². The molecule has 1 nitrogen and oxygen atoms in total.